The van der Waals surface area contributed by atoms with Crippen LogP contribution in [0.5, 0.6) is 0 Å². The lowest BCUT2D eigenvalue weighted by Gasteiger charge is -2.13. The van der Waals surface area contributed by atoms with Gasteiger partial charge in [-0.1, -0.05) is 42.5 Å². The van der Waals surface area contributed by atoms with Crippen molar-refractivity contribution in [2.45, 2.75) is 37.2 Å². The van der Waals surface area contributed by atoms with Gasteiger partial charge in [0.15, 0.2) is 9.84 Å². The largest absolute Gasteiger partial charge is 0.386 e. The van der Waals surface area contributed by atoms with Gasteiger partial charge in [0.1, 0.15) is 11.1 Å². The summed E-state index contributed by atoms with van der Waals surface area (Å²) in [5, 5.41) is 13.7. The van der Waals surface area contributed by atoms with Crippen LogP contribution in [-0.4, -0.2) is 42.8 Å². The van der Waals surface area contributed by atoms with Crippen LogP contribution in [0.15, 0.2) is 54.6 Å². The molecular formula is C22H27N3O4S2. The summed E-state index contributed by atoms with van der Waals surface area (Å²) < 4.78 is 25.6. The smallest absolute Gasteiger partial charge is 0.237 e. The third-order valence-electron chi connectivity index (χ3n) is 4.80. The van der Waals surface area contributed by atoms with E-state index >= 15 is 0 Å². The van der Waals surface area contributed by atoms with Crippen molar-refractivity contribution in [1.29, 1.82) is 0 Å². The van der Waals surface area contributed by atoms with Gasteiger partial charge < -0.3 is 16.2 Å². The van der Waals surface area contributed by atoms with Crippen molar-refractivity contribution < 1.29 is 18.3 Å². The maximum Gasteiger partial charge on any atom is 0.237 e. The number of nitrogens with one attached hydrogen (secondary N) is 1. The molecular weight excluding hydrogens is 434 g/mol. The van der Waals surface area contributed by atoms with Gasteiger partial charge >= 0.3 is 0 Å². The minimum absolute atomic E-state index is 0.140. The van der Waals surface area contributed by atoms with E-state index in [9.17, 15) is 18.3 Å². The molecule has 4 N–H and O–H groups in total. The normalized spacial score (nSPS) is 13.7. The van der Waals surface area contributed by atoms with E-state index < -0.39 is 33.6 Å². The predicted octanol–water partition coefficient (Wildman–Crippen LogP) is 2.56. The SMILES string of the molecule is N[C@@H](CS(=O)(=O)Cc1ccccc1)C(=O)NCCCCC(O)c1nc2ccccc2s1. The van der Waals surface area contributed by atoms with E-state index in [1.807, 2.05) is 30.3 Å². The Labute approximate surface area is 186 Å². The number of fused-ring (bicyclic) bond motifs is 1. The Balaban J connectivity index is 1.36. The van der Waals surface area contributed by atoms with Gasteiger partial charge in [0, 0.05) is 6.54 Å². The summed E-state index contributed by atoms with van der Waals surface area (Å²) in [4.78, 5) is 16.6. The number of aliphatic hydroxyl groups excluding tert-OH is 1. The minimum atomic E-state index is -3.49. The number of nitrogens with zero attached hydrogens (tertiary/aromatic N) is 1. The first-order valence-electron chi connectivity index (χ1n) is 10.2. The van der Waals surface area contributed by atoms with Gasteiger partial charge in [0.25, 0.3) is 0 Å². The number of sulfone groups is 1. The van der Waals surface area contributed by atoms with Crippen LogP contribution in [-0.2, 0) is 20.4 Å². The predicted molar refractivity (Wildman–Crippen MR) is 123 cm³/mol. The summed E-state index contributed by atoms with van der Waals surface area (Å²) in [5.74, 6) is -1.02. The number of unbranched alkanes of at least 4 members (excludes halogenated alkanes) is 1. The molecule has 0 aliphatic carbocycles. The second-order valence-electron chi connectivity index (χ2n) is 7.47. The number of aromatic nitrogens is 1. The van der Waals surface area contributed by atoms with Gasteiger partial charge in [-0.3, -0.25) is 4.79 Å². The fourth-order valence-electron chi connectivity index (χ4n) is 3.20. The van der Waals surface area contributed by atoms with Crippen LogP contribution in [0.2, 0.25) is 0 Å². The molecule has 3 rings (SSSR count). The van der Waals surface area contributed by atoms with Crippen LogP contribution < -0.4 is 11.1 Å². The number of hydrogen-bond acceptors (Lipinski definition) is 7. The van der Waals surface area contributed by atoms with E-state index in [-0.39, 0.29) is 5.75 Å². The van der Waals surface area contributed by atoms with Crippen molar-refractivity contribution in [3.05, 3.63) is 65.2 Å². The monoisotopic (exact) mass is 461 g/mol. The van der Waals surface area contributed by atoms with Gasteiger partial charge in [-0.15, -0.1) is 11.3 Å². The standard InChI is InChI=1S/C22H27N3O4S2/c23-17(15-31(28,29)14-16-8-2-1-3-9-16)21(27)24-13-7-6-11-19(26)22-25-18-10-4-5-12-20(18)30-22/h1-5,8-10,12,17,19,26H,6-7,11,13-15,23H2,(H,24,27)/t17-,19?/m0/s1. The zero-order valence-corrected chi connectivity index (χ0v) is 18.7. The summed E-state index contributed by atoms with van der Waals surface area (Å²) in [6, 6.07) is 15.4. The second kappa shape index (κ2) is 10.8. The summed E-state index contributed by atoms with van der Waals surface area (Å²) >= 11 is 1.48. The number of para-hydroxylation sites is 1. The van der Waals surface area contributed by atoms with Crippen LogP contribution in [0.25, 0.3) is 10.2 Å². The molecule has 1 aromatic heterocycles. The molecule has 0 aliphatic rings. The maximum atomic E-state index is 12.3. The summed E-state index contributed by atoms with van der Waals surface area (Å²) in [6.07, 6.45) is 1.24. The molecule has 0 saturated carbocycles. The highest BCUT2D eigenvalue weighted by Gasteiger charge is 2.22. The van der Waals surface area contributed by atoms with Crippen molar-refractivity contribution in [2.75, 3.05) is 12.3 Å². The molecule has 0 aliphatic heterocycles. The molecule has 0 fully saturated rings. The van der Waals surface area contributed by atoms with Gasteiger partial charge in [-0.2, -0.15) is 0 Å². The van der Waals surface area contributed by atoms with Crippen molar-refractivity contribution in [3.8, 4) is 0 Å². The number of carbonyl (C=O) groups excluding carboxylic acids is 1. The van der Waals surface area contributed by atoms with E-state index in [1.54, 1.807) is 24.3 Å². The topological polar surface area (TPSA) is 122 Å². The second-order valence-corrected chi connectivity index (χ2v) is 10.6. The Kier molecular flexibility index (Phi) is 8.14. The van der Waals surface area contributed by atoms with E-state index in [4.69, 9.17) is 5.73 Å². The van der Waals surface area contributed by atoms with E-state index in [2.05, 4.69) is 10.3 Å². The van der Waals surface area contributed by atoms with Gasteiger partial charge in [-0.25, -0.2) is 13.4 Å². The lowest BCUT2D eigenvalue weighted by Crippen LogP contribution is -2.45. The number of aliphatic hydroxyl groups is 1. The first kappa shape index (κ1) is 23.3. The van der Waals surface area contributed by atoms with Crippen LogP contribution in [0, 0.1) is 0 Å². The lowest BCUT2D eigenvalue weighted by atomic mass is 10.1. The minimum Gasteiger partial charge on any atom is -0.386 e. The highest BCUT2D eigenvalue weighted by Crippen LogP contribution is 2.28. The zero-order chi connectivity index (χ0) is 22.3. The molecule has 0 bridgehead atoms. The van der Waals surface area contributed by atoms with Crippen LogP contribution in [0.3, 0.4) is 0 Å². The van der Waals surface area contributed by atoms with E-state index in [0.717, 1.165) is 10.2 Å². The Morgan fingerprint density at radius 2 is 1.81 bits per heavy atom. The molecule has 1 heterocycles. The summed E-state index contributed by atoms with van der Waals surface area (Å²) in [5.41, 5.74) is 7.34. The molecule has 3 aromatic rings. The maximum absolute atomic E-state index is 12.3. The molecule has 2 atom stereocenters. The fourth-order valence-corrected chi connectivity index (χ4v) is 5.70. The molecule has 2 aromatic carbocycles. The molecule has 1 amide bonds. The third kappa shape index (κ3) is 7.10. The van der Waals surface area contributed by atoms with Crippen LogP contribution in [0.4, 0.5) is 0 Å². The van der Waals surface area contributed by atoms with E-state index in [0.29, 0.717) is 36.4 Å². The highest BCUT2D eigenvalue weighted by atomic mass is 32.2. The number of carbonyl (C=O) groups is 1. The van der Waals surface area contributed by atoms with Gasteiger partial charge in [0.2, 0.25) is 5.91 Å². The Hall–Kier alpha value is -2.33. The number of hydrogen-bond donors (Lipinski definition) is 3. The Morgan fingerprint density at radius 3 is 2.55 bits per heavy atom. The van der Waals surface area contributed by atoms with Gasteiger partial charge in [0.05, 0.1) is 27.8 Å². The zero-order valence-electron chi connectivity index (χ0n) is 17.1. The average molecular weight is 462 g/mol. The Morgan fingerprint density at radius 1 is 1.10 bits per heavy atom. The molecule has 9 heteroatoms. The van der Waals surface area contributed by atoms with Crippen molar-refractivity contribution in [1.82, 2.24) is 10.3 Å². The highest BCUT2D eigenvalue weighted by molar-refractivity contribution is 7.90. The molecule has 0 spiro atoms. The first-order valence-corrected chi connectivity index (χ1v) is 12.8. The molecule has 1 unspecified atom stereocenters. The van der Waals surface area contributed by atoms with Crippen LogP contribution >= 0.6 is 11.3 Å². The van der Waals surface area contributed by atoms with E-state index in [1.165, 1.54) is 11.3 Å². The molecule has 166 valence electrons. The quantitative estimate of drug-likeness (QED) is 0.377. The number of rotatable bonds is 11. The molecule has 0 saturated heterocycles. The average Bonchev–Trinajstić information content (AvgIpc) is 3.17. The third-order valence-corrected chi connectivity index (χ3v) is 7.58. The van der Waals surface area contributed by atoms with Crippen molar-refractivity contribution in [3.63, 3.8) is 0 Å². The summed E-state index contributed by atoms with van der Waals surface area (Å²) in [7, 11) is -3.49. The van der Waals surface area contributed by atoms with Crippen LogP contribution in [0.1, 0.15) is 35.9 Å². The fraction of sp³-hybridized carbons (Fsp3) is 0.364. The molecule has 0 radical (unpaired) electrons. The molecule has 7 nitrogen and oxygen atoms in total. The lowest BCUT2D eigenvalue weighted by molar-refractivity contribution is -0.121. The number of benzene rings is 2. The van der Waals surface area contributed by atoms with Gasteiger partial charge in [-0.05, 0) is 37.0 Å². The van der Waals surface area contributed by atoms with Crippen molar-refractivity contribution in [2.24, 2.45) is 5.73 Å². The summed E-state index contributed by atoms with van der Waals surface area (Å²) in [6.45, 7) is 0.373. The first-order chi connectivity index (χ1) is 14.8. The number of amides is 1. The molecule has 31 heavy (non-hydrogen) atoms. The Bertz CT molecular complexity index is 1070. The number of nitrogens with two attached hydrogens (primary N) is 1. The van der Waals surface area contributed by atoms with Crippen molar-refractivity contribution >= 4 is 37.3 Å². The number of thiazole rings is 1.